The molecule has 0 unspecified atom stereocenters. The number of hydrogen-bond acceptors (Lipinski definition) is 5. The highest BCUT2D eigenvalue weighted by molar-refractivity contribution is 7.98. The molecule has 0 fully saturated rings. The van der Waals surface area contributed by atoms with E-state index in [0.717, 1.165) is 24.5 Å². The van der Waals surface area contributed by atoms with Crippen molar-refractivity contribution >= 4 is 23.2 Å². The van der Waals surface area contributed by atoms with Crippen LogP contribution in [0.15, 0.2) is 10.9 Å². The lowest BCUT2D eigenvalue weighted by Crippen LogP contribution is -2.14. The minimum Gasteiger partial charge on any atom is -0.370 e. The monoisotopic (exact) mass is 253 g/mol. The first-order chi connectivity index (χ1) is 8.22. The second-order valence-electron chi connectivity index (χ2n) is 3.68. The Morgan fingerprint density at radius 1 is 1.59 bits per heavy atom. The van der Waals surface area contributed by atoms with Crippen molar-refractivity contribution in [1.82, 2.24) is 19.6 Å². The van der Waals surface area contributed by atoms with Crippen LogP contribution in [0.2, 0.25) is 0 Å². The number of thioether (sulfide) groups is 1. The van der Waals surface area contributed by atoms with Gasteiger partial charge in [-0.3, -0.25) is 0 Å². The Bertz CT molecular complexity index is 561. The SMILES string of the molecule is CSCCCNc1cc2n[nH]c(=O)n2c(C)n1. The summed E-state index contributed by atoms with van der Waals surface area (Å²) in [7, 11) is 0. The van der Waals surface area contributed by atoms with Crippen LogP contribution < -0.4 is 11.0 Å². The topological polar surface area (TPSA) is 75.1 Å². The summed E-state index contributed by atoms with van der Waals surface area (Å²) in [6.07, 6.45) is 3.17. The molecule has 2 aromatic rings. The third kappa shape index (κ3) is 2.60. The summed E-state index contributed by atoms with van der Waals surface area (Å²) in [6.45, 7) is 2.66. The zero-order chi connectivity index (χ0) is 12.3. The summed E-state index contributed by atoms with van der Waals surface area (Å²) in [5.74, 6) is 2.51. The summed E-state index contributed by atoms with van der Waals surface area (Å²) < 4.78 is 1.45. The van der Waals surface area contributed by atoms with E-state index in [1.807, 2.05) is 11.8 Å². The smallest absolute Gasteiger partial charge is 0.349 e. The first-order valence-corrected chi connectivity index (χ1v) is 6.79. The standard InChI is InChI=1S/C10H15N5OS/c1-7-12-8(11-4-3-5-17-2)6-9-13-14-10(16)15(7)9/h6,11H,3-5H2,1-2H3,(H,14,16). The number of aromatic amines is 1. The Morgan fingerprint density at radius 3 is 3.18 bits per heavy atom. The molecule has 6 nitrogen and oxygen atoms in total. The summed E-state index contributed by atoms with van der Waals surface area (Å²) in [6, 6.07) is 1.77. The Labute approximate surface area is 103 Å². The molecule has 7 heteroatoms. The number of rotatable bonds is 5. The average Bonchev–Trinajstić information content (AvgIpc) is 2.67. The van der Waals surface area contributed by atoms with E-state index in [1.165, 1.54) is 4.40 Å². The van der Waals surface area contributed by atoms with Gasteiger partial charge in [-0.05, 0) is 25.4 Å². The fraction of sp³-hybridized carbons (Fsp3) is 0.500. The number of nitrogens with zero attached hydrogens (tertiary/aromatic N) is 3. The Balaban J connectivity index is 2.16. The number of aryl methyl sites for hydroxylation is 1. The van der Waals surface area contributed by atoms with Gasteiger partial charge in [0.1, 0.15) is 11.6 Å². The van der Waals surface area contributed by atoms with E-state index in [-0.39, 0.29) is 5.69 Å². The quantitative estimate of drug-likeness (QED) is 0.774. The van der Waals surface area contributed by atoms with Crippen LogP contribution in [0.25, 0.3) is 5.65 Å². The zero-order valence-corrected chi connectivity index (χ0v) is 10.7. The fourth-order valence-corrected chi connectivity index (χ4v) is 2.05. The molecule has 2 N–H and O–H groups in total. The maximum Gasteiger partial charge on any atom is 0.349 e. The number of aromatic nitrogens is 4. The average molecular weight is 253 g/mol. The van der Waals surface area contributed by atoms with Crippen molar-refractivity contribution in [2.75, 3.05) is 23.9 Å². The van der Waals surface area contributed by atoms with Crippen LogP contribution in [0.4, 0.5) is 5.82 Å². The summed E-state index contributed by atoms with van der Waals surface area (Å²) in [5, 5.41) is 9.56. The van der Waals surface area contributed by atoms with Crippen LogP contribution in [-0.2, 0) is 0 Å². The van der Waals surface area contributed by atoms with Gasteiger partial charge in [-0.1, -0.05) is 0 Å². The summed E-state index contributed by atoms with van der Waals surface area (Å²) in [5.41, 5.74) is 0.341. The minimum atomic E-state index is -0.251. The summed E-state index contributed by atoms with van der Waals surface area (Å²) >= 11 is 1.82. The molecule has 0 spiro atoms. The van der Waals surface area contributed by atoms with Gasteiger partial charge in [0.25, 0.3) is 0 Å². The van der Waals surface area contributed by atoms with E-state index in [1.54, 1.807) is 13.0 Å². The Hall–Kier alpha value is -1.50. The van der Waals surface area contributed by atoms with Gasteiger partial charge in [-0.25, -0.2) is 19.3 Å². The molecule has 0 radical (unpaired) electrons. The number of fused-ring (bicyclic) bond motifs is 1. The predicted octanol–water partition coefficient (Wildman–Crippen LogP) is 0.891. The van der Waals surface area contributed by atoms with Gasteiger partial charge in [0.15, 0.2) is 5.65 Å². The lowest BCUT2D eigenvalue weighted by Gasteiger charge is -2.06. The molecule has 2 rings (SSSR count). The van der Waals surface area contributed by atoms with Crippen molar-refractivity contribution in [3.05, 3.63) is 22.4 Å². The molecule has 92 valence electrons. The van der Waals surface area contributed by atoms with Crippen LogP contribution in [0.3, 0.4) is 0 Å². The highest BCUT2D eigenvalue weighted by atomic mass is 32.2. The van der Waals surface area contributed by atoms with Crippen molar-refractivity contribution in [3.8, 4) is 0 Å². The normalized spacial score (nSPS) is 10.9. The van der Waals surface area contributed by atoms with Gasteiger partial charge in [-0.15, -0.1) is 0 Å². The number of H-pyrrole nitrogens is 1. The zero-order valence-electron chi connectivity index (χ0n) is 9.86. The second-order valence-corrected chi connectivity index (χ2v) is 4.67. The predicted molar refractivity (Wildman–Crippen MR) is 69.8 cm³/mol. The molecule has 0 aliphatic carbocycles. The van der Waals surface area contributed by atoms with Gasteiger partial charge < -0.3 is 5.32 Å². The van der Waals surface area contributed by atoms with E-state index < -0.39 is 0 Å². The first-order valence-electron chi connectivity index (χ1n) is 5.40. The molecule has 2 heterocycles. The van der Waals surface area contributed by atoms with Crippen molar-refractivity contribution in [2.24, 2.45) is 0 Å². The third-order valence-corrected chi connectivity index (χ3v) is 3.10. The molecule has 2 aromatic heterocycles. The molecule has 0 atom stereocenters. The molecule has 0 aliphatic heterocycles. The van der Waals surface area contributed by atoms with E-state index in [2.05, 4.69) is 26.8 Å². The van der Waals surface area contributed by atoms with Crippen LogP contribution in [0, 0.1) is 6.92 Å². The van der Waals surface area contributed by atoms with Crippen LogP contribution in [0.1, 0.15) is 12.2 Å². The van der Waals surface area contributed by atoms with E-state index in [9.17, 15) is 4.79 Å². The maximum absolute atomic E-state index is 11.4. The molecule has 0 amide bonds. The van der Waals surface area contributed by atoms with Crippen molar-refractivity contribution < 1.29 is 0 Å². The second kappa shape index (κ2) is 5.22. The molecule has 0 saturated heterocycles. The van der Waals surface area contributed by atoms with Gasteiger partial charge in [0.05, 0.1) is 0 Å². The van der Waals surface area contributed by atoms with E-state index in [4.69, 9.17) is 0 Å². The minimum absolute atomic E-state index is 0.251. The lowest BCUT2D eigenvalue weighted by molar-refractivity contribution is 0.921. The van der Waals surface area contributed by atoms with Crippen molar-refractivity contribution in [2.45, 2.75) is 13.3 Å². The number of nitrogens with one attached hydrogen (secondary N) is 2. The largest absolute Gasteiger partial charge is 0.370 e. The van der Waals surface area contributed by atoms with Gasteiger partial charge in [0, 0.05) is 12.6 Å². The van der Waals surface area contributed by atoms with Gasteiger partial charge in [0.2, 0.25) is 0 Å². The number of hydrogen-bond donors (Lipinski definition) is 2. The Kier molecular flexibility index (Phi) is 3.68. The molecular formula is C10H15N5OS. The third-order valence-electron chi connectivity index (χ3n) is 2.40. The Morgan fingerprint density at radius 2 is 2.41 bits per heavy atom. The fourth-order valence-electron chi connectivity index (χ4n) is 1.62. The van der Waals surface area contributed by atoms with E-state index in [0.29, 0.717) is 11.5 Å². The van der Waals surface area contributed by atoms with Gasteiger partial charge >= 0.3 is 5.69 Å². The van der Waals surface area contributed by atoms with Crippen molar-refractivity contribution in [1.29, 1.82) is 0 Å². The highest BCUT2D eigenvalue weighted by Crippen LogP contribution is 2.08. The lowest BCUT2D eigenvalue weighted by atomic mass is 10.4. The first kappa shape index (κ1) is 12.0. The number of anilines is 1. The molecule has 0 bridgehead atoms. The summed E-state index contributed by atoms with van der Waals surface area (Å²) in [4.78, 5) is 15.7. The molecule has 0 saturated carbocycles. The van der Waals surface area contributed by atoms with Crippen LogP contribution in [0.5, 0.6) is 0 Å². The highest BCUT2D eigenvalue weighted by Gasteiger charge is 2.06. The molecule has 0 aliphatic rings. The van der Waals surface area contributed by atoms with Gasteiger partial charge in [-0.2, -0.15) is 16.9 Å². The van der Waals surface area contributed by atoms with Crippen LogP contribution in [-0.4, -0.2) is 38.1 Å². The van der Waals surface area contributed by atoms with Crippen LogP contribution >= 0.6 is 11.8 Å². The molecular weight excluding hydrogens is 238 g/mol. The van der Waals surface area contributed by atoms with Crippen molar-refractivity contribution in [3.63, 3.8) is 0 Å². The van der Waals surface area contributed by atoms with E-state index >= 15 is 0 Å². The maximum atomic E-state index is 11.4. The molecule has 17 heavy (non-hydrogen) atoms. The molecule has 0 aromatic carbocycles.